The van der Waals surface area contributed by atoms with Gasteiger partial charge in [-0.3, -0.25) is 4.90 Å². The number of benzene rings is 1. The predicted molar refractivity (Wildman–Crippen MR) is 84.8 cm³/mol. The minimum absolute atomic E-state index is 0.125. The molecule has 1 N–H and O–H groups in total. The zero-order valence-corrected chi connectivity index (χ0v) is 13.4. The molecule has 4 nitrogen and oxygen atoms in total. The van der Waals surface area contributed by atoms with Gasteiger partial charge in [0, 0.05) is 6.54 Å². The van der Waals surface area contributed by atoms with Gasteiger partial charge < -0.3 is 5.11 Å². The van der Waals surface area contributed by atoms with Crippen molar-refractivity contribution in [1.29, 1.82) is 0 Å². The molecule has 0 saturated carbocycles. The molecule has 0 atom stereocenters. The van der Waals surface area contributed by atoms with Gasteiger partial charge in [0.05, 0.1) is 12.2 Å². The number of aromatic carboxylic acids is 1. The highest BCUT2D eigenvalue weighted by Gasteiger charge is 2.20. The molecule has 0 amide bonds. The molecule has 1 aromatic carbocycles. The summed E-state index contributed by atoms with van der Waals surface area (Å²) < 4.78 is 0. The highest BCUT2D eigenvalue weighted by Crippen LogP contribution is 2.26. The Bertz CT molecular complexity index is 608. The van der Waals surface area contributed by atoms with Crippen molar-refractivity contribution < 1.29 is 9.90 Å². The Labute approximate surface area is 129 Å². The molecule has 0 spiro atoms. The van der Waals surface area contributed by atoms with Crippen LogP contribution in [-0.2, 0) is 13.1 Å². The molecule has 2 aromatic rings. The highest BCUT2D eigenvalue weighted by atomic mass is 32.1. The number of aromatic nitrogens is 1. The molecule has 0 fully saturated rings. The number of rotatable bonds is 6. The van der Waals surface area contributed by atoms with Crippen LogP contribution in [0.25, 0.3) is 0 Å². The van der Waals surface area contributed by atoms with Crippen molar-refractivity contribution >= 4 is 17.3 Å². The molecule has 1 heterocycles. The molecule has 0 unspecified atom stereocenters. The summed E-state index contributed by atoms with van der Waals surface area (Å²) in [6.07, 6.45) is 0. The maximum Gasteiger partial charge on any atom is 0.347 e. The Balaban J connectivity index is 2.09. The van der Waals surface area contributed by atoms with Gasteiger partial charge in [0.1, 0.15) is 9.88 Å². The van der Waals surface area contributed by atoms with Crippen LogP contribution in [0, 0.1) is 0 Å². The van der Waals surface area contributed by atoms with Crippen molar-refractivity contribution in [1.82, 2.24) is 9.88 Å². The number of hydrogen-bond acceptors (Lipinski definition) is 4. The van der Waals surface area contributed by atoms with Crippen molar-refractivity contribution in [2.45, 2.75) is 32.9 Å². The summed E-state index contributed by atoms with van der Waals surface area (Å²) in [5, 5.41) is 10.1. The number of carboxylic acids is 1. The summed E-state index contributed by atoms with van der Waals surface area (Å²) in [4.78, 5) is 18.3. The van der Waals surface area contributed by atoms with Gasteiger partial charge in [-0.1, -0.05) is 44.2 Å². The van der Waals surface area contributed by atoms with E-state index in [9.17, 15) is 9.90 Å². The van der Waals surface area contributed by atoms with Crippen LogP contribution in [0.1, 0.15) is 45.7 Å². The first-order valence-electron chi connectivity index (χ1n) is 6.92. The SMILES string of the molecule is CC(C)c1nc(CN(C)Cc2ccccc2)sc1C(=O)O. The number of carboxylic acid groups (broad SMARTS) is 1. The predicted octanol–water partition coefficient (Wildman–Crippen LogP) is 3.60. The van der Waals surface area contributed by atoms with Gasteiger partial charge in [0.25, 0.3) is 0 Å². The van der Waals surface area contributed by atoms with E-state index in [1.165, 1.54) is 16.9 Å². The Morgan fingerprint density at radius 1 is 1.29 bits per heavy atom. The van der Waals surface area contributed by atoms with Crippen molar-refractivity contribution in [2.24, 2.45) is 0 Å². The van der Waals surface area contributed by atoms with Crippen molar-refractivity contribution in [3.05, 3.63) is 51.5 Å². The highest BCUT2D eigenvalue weighted by molar-refractivity contribution is 7.13. The van der Waals surface area contributed by atoms with Crippen LogP contribution in [0.15, 0.2) is 30.3 Å². The fraction of sp³-hybridized carbons (Fsp3) is 0.375. The lowest BCUT2D eigenvalue weighted by Gasteiger charge is -2.14. The minimum Gasteiger partial charge on any atom is -0.477 e. The fourth-order valence-electron chi connectivity index (χ4n) is 2.17. The summed E-state index contributed by atoms with van der Waals surface area (Å²) in [7, 11) is 2.02. The maximum absolute atomic E-state index is 11.3. The van der Waals surface area contributed by atoms with Crippen molar-refractivity contribution in [3.63, 3.8) is 0 Å². The lowest BCUT2D eigenvalue weighted by atomic mass is 10.1. The molecular formula is C16H20N2O2S. The summed E-state index contributed by atoms with van der Waals surface area (Å²) in [6.45, 7) is 5.42. The van der Waals surface area contributed by atoms with Crippen LogP contribution >= 0.6 is 11.3 Å². The second-order valence-corrected chi connectivity index (χ2v) is 6.52. The Hall–Kier alpha value is -1.72. The first kappa shape index (κ1) is 15.7. The lowest BCUT2D eigenvalue weighted by Crippen LogP contribution is -2.17. The van der Waals surface area contributed by atoms with E-state index < -0.39 is 5.97 Å². The van der Waals surface area contributed by atoms with Gasteiger partial charge in [-0.25, -0.2) is 9.78 Å². The normalized spacial score (nSPS) is 11.3. The Kier molecular flexibility index (Phi) is 5.09. The van der Waals surface area contributed by atoms with Crippen LogP contribution < -0.4 is 0 Å². The van der Waals surface area contributed by atoms with E-state index in [-0.39, 0.29) is 5.92 Å². The largest absolute Gasteiger partial charge is 0.477 e. The Morgan fingerprint density at radius 2 is 1.95 bits per heavy atom. The van der Waals surface area contributed by atoms with E-state index in [0.717, 1.165) is 11.6 Å². The van der Waals surface area contributed by atoms with E-state index in [4.69, 9.17) is 0 Å². The zero-order chi connectivity index (χ0) is 15.4. The lowest BCUT2D eigenvalue weighted by molar-refractivity contribution is 0.0700. The first-order valence-corrected chi connectivity index (χ1v) is 7.74. The average molecular weight is 304 g/mol. The van der Waals surface area contributed by atoms with Gasteiger partial charge in [-0.05, 0) is 18.5 Å². The summed E-state index contributed by atoms with van der Waals surface area (Å²) >= 11 is 1.28. The average Bonchev–Trinajstić information content (AvgIpc) is 2.84. The van der Waals surface area contributed by atoms with Gasteiger partial charge >= 0.3 is 5.97 Å². The smallest absolute Gasteiger partial charge is 0.347 e. The van der Waals surface area contributed by atoms with Crippen LogP contribution in [0.2, 0.25) is 0 Å². The number of carbonyl (C=O) groups is 1. The van der Waals surface area contributed by atoms with Gasteiger partial charge in [-0.2, -0.15) is 0 Å². The molecule has 2 rings (SSSR count). The molecule has 5 heteroatoms. The number of nitrogens with zero attached hydrogens (tertiary/aromatic N) is 2. The molecule has 0 saturated heterocycles. The van der Waals surface area contributed by atoms with Gasteiger partial charge in [-0.15, -0.1) is 11.3 Å². The van der Waals surface area contributed by atoms with Gasteiger partial charge in [0.15, 0.2) is 0 Å². The van der Waals surface area contributed by atoms with Crippen molar-refractivity contribution in [3.8, 4) is 0 Å². The Morgan fingerprint density at radius 3 is 2.48 bits per heavy atom. The van der Waals surface area contributed by atoms with E-state index >= 15 is 0 Å². The molecule has 0 aliphatic heterocycles. The summed E-state index contributed by atoms with van der Waals surface area (Å²) in [6, 6.07) is 10.2. The van der Waals surface area contributed by atoms with Gasteiger partial charge in [0.2, 0.25) is 0 Å². The topological polar surface area (TPSA) is 53.4 Å². The van der Waals surface area contributed by atoms with Crippen LogP contribution in [-0.4, -0.2) is 28.0 Å². The molecule has 112 valence electrons. The van der Waals surface area contributed by atoms with Crippen LogP contribution in [0.3, 0.4) is 0 Å². The molecule has 0 aliphatic rings. The molecule has 1 aromatic heterocycles. The second-order valence-electron chi connectivity index (χ2n) is 5.44. The van der Waals surface area contributed by atoms with Crippen LogP contribution in [0.5, 0.6) is 0 Å². The molecule has 0 bridgehead atoms. The third-order valence-electron chi connectivity index (χ3n) is 3.14. The third kappa shape index (κ3) is 4.12. The number of hydrogen-bond donors (Lipinski definition) is 1. The fourth-order valence-corrected chi connectivity index (χ4v) is 3.31. The molecule has 0 aliphatic carbocycles. The van der Waals surface area contributed by atoms with E-state index in [2.05, 4.69) is 22.0 Å². The molecule has 0 radical (unpaired) electrons. The summed E-state index contributed by atoms with van der Waals surface area (Å²) in [5.74, 6) is -0.756. The second kappa shape index (κ2) is 6.83. The quantitative estimate of drug-likeness (QED) is 0.886. The third-order valence-corrected chi connectivity index (χ3v) is 4.18. The first-order chi connectivity index (χ1) is 9.97. The minimum atomic E-state index is -0.881. The van der Waals surface area contributed by atoms with E-state index in [1.807, 2.05) is 39.1 Å². The van der Waals surface area contributed by atoms with E-state index in [1.54, 1.807) is 0 Å². The molecular weight excluding hydrogens is 284 g/mol. The zero-order valence-electron chi connectivity index (χ0n) is 12.5. The summed E-state index contributed by atoms with van der Waals surface area (Å²) in [5.41, 5.74) is 1.93. The van der Waals surface area contributed by atoms with E-state index in [0.29, 0.717) is 17.1 Å². The maximum atomic E-state index is 11.3. The van der Waals surface area contributed by atoms with Crippen LogP contribution in [0.4, 0.5) is 0 Å². The number of thiazole rings is 1. The van der Waals surface area contributed by atoms with Crippen molar-refractivity contribution in [2.75, 3.05) is 7.05 Å². The standard InChI is InChI=1S/C16H20N2O2S/c1-11(2)14-15(16(19)20)21-13(17-14)10-18(3)9-12-7-5-4-6-8-12/h4-8,11H,9-10H2,1-3H3,(H,19,20). The monoisotopic (exact) mass is 304 g/mol. The molecule has 21 heavy (non-hydrogen) atoms.